The molecule has 0 unspecified atom stereocenters. The molecule has 3 N–H and O–H groups in total. The van der Waals surface area contributed by atoms with Gasteiger partial charge in [-0.15, -0.1) is 0 Å². The number of nitrogens with one attached hydrogen (secondary N) is 1. The van der Waals surface area contributed by atoms with Crippen molar-refractivity contribution in [3.05, 3.63) is 52.4 Å². The molecule has 0 aliphatic carbocycles. The molecular weight excluding hydrogens is 355 g/mol. The number of halogens is 3. The van der Waals surface area contributed by atoms with E-state index < -0.39 is 30.6 Å². The van der Waals surface area contributed by atoms with Gasteiger partial charge in [0.15, 0.2) is 6.61 Å². The topological polar surface area (TPSA) is 95.9 Å². The van der Waals surface area contributed by atoms with Gasteiger partial charge in [0.2, 0.25) is 0 Å². The second-order valence-electron chi connectivity index (χ2n) is 5.69. The minimum absolute atomic E-state index is 0.0340. The highest BCUT2D eigenvalue weighted by Gasteiger charge is 2.38. The van der Waals surface area contributed by atoms with Gasteiger partial charge in [-0.05, 0) is 19.9 Å². The predicted octanol–water partition coefficient (Wildman–Crippen LogP) is 3.03. The maximum Gasteiger partial charge on any atom is 0.422 e. The molecule has 6 nitrogen and oxygen atoms in total. The molecule has 1 heterocycles. The second-order valence-corrected chi connectivity index (χ2v) is 5.69. The summed E-state index contributed by atoms with van der Waals surface area (Å²) in [5, 5.41) is 21.8. The number of carbonyl (C=O) groups is 2. The van der Waals surface area contributed by atoms with E-state index in [9.17, 15) is 33.0 Å². The Bertz CT molecular complexity index is 775. The summed E-state index contributed by atoms with van der Waals surface area (Å²) in [6.07, 6.45) is -4.59. The van der Waals surface area contributed by atoms with Crippen LogP contribution in [0.3, 0.4) is 0 Å². The van der Waals surface area contributed by atoms with Crippen molar-refractivity contribution in [2.45, 2.75) is 25.9 Å². The van der Waals surface area contributed by atoms with Crippen LogP contribution in [0.2, 0.25) is 0 Å². The summed E-state index contributed by atoms with van der Waals surface area (Å²) < 4.78 is 42.3. The van der Waals surface area contributed by atoms with E-state index in [0.717, 1.165) is 0 Å². The number of ether oxygens (including phenoxy) is 1. The third kappa shape index (κ3) is 3.98. The van der Waals surface area contributed by atoms with Crippen LogP contribution in [-0.4, -0.2) is 34.9 Å². The molecule has 0 bridgehead atoms. The molecule has 2 rings (SSSR count). The zero-order valence-corrected chi connectivity index (χ0v) is 13.8. The van der Waals surface area contributed by atoms with Gasteiger partial charge >= 0.3 is 18.1 Å². The van der Waals surface area contributed by atoms with Crippen molar-refractivity contribution in [3.63, 3.8) is 0 Å². The average molecular weight is 371 g/mol. The van der Waals surface area contributed by atoms with E-state index in [1.807, 2.05) is 0 Å². The van der Waals surface area contributed by atoms with E-state index in [1.54, 1.807) is 0 Å². The second kappa shape index (κ2) is 7.11. The van der Waals surface area contributed by atoms with Crippen LogP contribution < -0.4 is 10.1 Å². The number of benzene rings is 1. The Morgan fingerprint density at radius 3 is 2.04 bits per heavy atom. The van der Waals surface area contributed by atoms with E-state index in [4.69, 9.17) is 4.74 Å². The van der Waals surface area contributed by atoms with E-state index in [2.05, 4.69) is 5.32 Å². The van der Waals surface area contributed by atoms with Crippen LogP contribution in [0.25, 0.3) is 0 Å². The summed E-state index contributed by atoms with van der Waals surface area (Å²) in [6.45, 7) is 1.33. The fourth-order valence-electron chi connectivity index (χ4n) is 2.88. The summed E-state index contributed by atoms with van der Waals surface area (Å²) in [5.74, 6) is -4.26. The summed E-state index contributed by atoms with van der Waals surface area (Å²) >= 11 is 0. The largest absolute Gasteiger partial charge is 0.484 e. The van der Waals surface area contributed by atoms with Crippen LogP contribution in [0, 0.1) is 0 Å². The summed E-state index contributed by atoms with van der Waals surface area (Å²) in [4.78, 5) is 23.4. The number of para-hydroxylation sites is 1. The average Bonchev–Trinajstić information content (AvgIpc) is 2.50. The van der Waals surface area contributed by atoms with Crippen LogP contribution in [0.1, 0.15) is 25.3 Å². The third-order valence-electron chi connectivity index (χ3n) is 3.84. The number of rotatable bonds is 5. The van der Waals surface area contributed by atoms with Crippen molar-refractivity contribution in [3.8, 4) is 5.75 Å². The van der Waals surface area contributed by atoms with E-state index in [1.165, 1.54) is 38.1 Å². The lowest BCUT2D eigenvalue weighted by Crippen LogP contribution is -2.31. The van der Waals surface area contributed by atoms with Crippen molar-refractivity contribution in [2.75, 3.05) is 6.61 Å². The molecule has 0 aromatic heterocycles. The first-order valence-electron chi connectivity index (χ1n) is 7.46. The normalized spacial score (nSPS) is 15.7. The lowest BCUT2D eigenvalue weighted by atomic mass is 9.80. The van der Waals surface area contributed by atoms with Gasteiger partial charge < -0.3 is 20.3 Å². The van der Waals surface area contributed by atoms with Gasteiger partial charge in [0, 0.05) is 17.0 Å². The molecule has 9 heteroatoms. The minimum Gasteiger partial charge on any atom is -0.484 e. The quantitative estimate of drug-likeness (QED) is 0.736. The maximum absolute atomic E-state index is 12.5. The number of dihydropyridines is 1. The van der Waals surface area contributed by atoms with E-state index in [-0.39, 0.29) is 33.9 Å². The van der Waals surface area contributed by atoms with Gasteiger partial charge in [-0.3, -0.25) is 0 Å². The van der Waals surface area contributed by atoms with Gasteiger partial charge in [-0.2, -0.15) is 13.2 Å². The van der Waals surface area contributed by atoms with E-state index in [0.29, 0.717) is 0 Å². The molecule has 0 saturated carbocycles. The first-order chi connectivity index (χ1) is 12.0. The SMILES string of the molecule is CC1=C(C(=O)O)C(c2ccccc2OCC(F)(F)F)C(C(=O)O)=C(C)N1. The molecule has 0 atom stereocenters. The Morgan fingerprint density at radius 1 is 1.08 bits per heavy atom. The lowest BCUT2D eigenvalue weighted by Gasteiger charge is -2.29. The summed E-state index contributed by atoms with van der Waals surface area (Å²) in [5.41, 5.74) is -0.0925. The standard InChI is InChI=1S/C17H16F3NO5/c1-8-12(15(22)23)14(13(16(24)25)9(2)21-8)10-5-3-4-6-11(10)26-7-17(18,19)20/h3-6,14,21H,7H2,1-2H3,(H,22,23)(H,24,25). The monoisotopic (exact) mass is 371 g/mol. The first-order valence-corrected chi connectivity index (χ1v) is 7.46. The van der Waals surface area contributed by atoms with Crippen molar-refractivity contribution in [1.82, 2.24) is 5.32 Å². The first kappa shape index (κ1) is 19.4. The maximum atomic E-state index is 12.5. The number of allylic oxidation sites excluding steroid dienone is 2. The molecule has 1 aromatic rings. The van der Waals surface area contributed by atoms with Gasteiger partial charge in [0.25, 0.3) is 0 Å². The van der Waals surface area contributed by atoms with E-state index >= 15 is 0 Å². The number of alkyl halides is 3. The highest BCUT2D eigenvalue weighted by Crippen LogP contribution is 2.42. The van der Waals surface area contributed by atoms with Gasteiger partial charge in [-0.25, -0.2) is 9.59 Å². The molecule has 1 aliphatic rings. The predicted molar refractivity (Wildman–Crippen MR) is 84.5 cm³/mol. The van der Waals surface area contributed by atoms with Crippen LogP contribution in [-0.2, 0) is 9.59 Å². The van der Waals surface area contributed by atoms with Crippen LogP contribution in [0.5, 0.6) is 5.75 Å². The molecule has 0 fully saturated rings. The Labute approximate surface area is 146 Å². The van der Waals surface area contributed by atoms with Gasteiger partial charge in [0.1, 0.15) is 5.75 Å². The fourth-order valence-corrected chi connectivity index (χ4v) is 2.88. The van der Waals surface area contributed by atoms with Crippen molar-refractivity contribution >= 4 is 11.9 Å². The Balaban J connectivity index is 2.63. The highest BCUT2D eigenvalue weighted by atomic mass is 19.4. The number of carboxylic acids is 2. The Kier molecular flexibility index (Phi) is 5.29. The molecule has 0 radical (unpaired) electrons. The molecule has 140 valence electrons. The van der Waals surface area contributed by atoms with Crippen LogP contribution in [0.15, 0.2) is 46.8 Å². The number of carboxylic acid groups (broad SMARTS) is 2. The lowest BCUT2D eigenvalue weighted by molar-refractivity contribution is -0.153. The Hall–Kier alpha value is -2.97. The van der Waals surface area contributed by atoms with Crippen LogP contribution >= 0.6 is 0 Å². The molecule has 0 saturated heterocycles. The Morgan fingerprint density at radius 2 is 1.58 bits per heavy atom. The van der Waals surface area contributed by atoms with Crippen molar-refractivity contribution in [1.29, 1.82) is 0 Å². The van der Waals surface area contributed by atoms with Crippen molar-refractivity contribution in [2.24, 2.45) is 0 Å². The molecule has 0 amide bonds. The van der Waals surface area contributed by atoms with Gasteiger partial charge in [0.05, 0.1) is 17.1 Å². The zero-order valence-electron chi connectivity index (χ0n) is 13.8. The number of aliphatic carboxylic acids is 2. The van der Waals surface area contributed by atoms with Crippen LogP contribution in [0.4, 0.5) is 13.2 Å². The third-order valence-corrected chi connectivity index (χ3v) is 3.84. The minimum atomic E-state index is -4.59. The summed E-state index contributed by atoms with van der Waals surface area (Å²) in [6, 6.07) is 5.49. The molecule has 0 spiro atoms. The fraction of sp³-hybridized carbons (Fsp3) is 0.294. The van der Waals surface area contributed by atoms with Gasteiger partial charge in [-0.1, -0.05) is 18.2 Å². The summed E-state index contributed by atoms with van der Waals surface area (Å²) in [7, 11) is 0. The smallest absolute Gasteiger partial charge is 0.422 e. The van der Waals surface area contributed by atoms with Crippen molar-refractivity contribution < 1.29 is 37.7 Å². The molecule has 1 aromatic carbocycles. The highest BCUT2D eigenvalue weighted by molar-refractivity contribution is 5.98. The molecular formula is C17H16F3NO5. The zero-order chi connectivity index (χ0) is 19.6. The number of hydrogen-bond acceptors (Lipinski definition) is 4. The number of hydrogen-bond donors (Lipinski definition) is 3. The molecule has 1 aliphatic heterocycles. The molecule has 26 heavy (non-hydrogen) atoms.